The molecule has 1 N–H and O–H groups in total. The maximum Gasteiger partial charge on any atom is 0.0414 e. The monoisotopic (exact) mass is 279 g/mol. The van der Waals surface area contributed by atoms with Crippen molar-refractivity contribution in [3.63, 3.8) is 0 Å². The topological polar surface area (TPSA) is 12.0 Å². The van der Waals surface area contributed by atoms with Crippen molar-refractivity contribution >= 4 is 11.8 Å². The Labute approximate surface area is 123 Å². The Morgan fingerprint density at radius 3 is 2.53 bits per heavy atom. The standard InChI is InChI=1S/C17H29NS/c1-6-13(3)11-19-12-17(18-7-2)16-10-14(4)8-9-15(16)5/h8-10,13,17-18H,6-7,11-12H2,1-5H3. The fraction of sp³-hybridized carbons (Fsp3) is 0.647. The van der Waals surface area contributed by atoms with Crippen LogP contribution in [0.15, 0.2) is 18.2 Å². The molecule has 0 saturated heterocycles. The van der Waals surface area contributed by atoms with Gasteiger partial charge in [-0.2, -0.15) is 11.8 Å². The summed E-state index contributed by atoms with van der Waals surface area (Å²) in [6.45, 7) is 12.2. The molecule has 2 atom stereocenters. The summed E-state index contributed by atoms with van der Waals surface area (Å²) in [4.78, 5) is 0. The van der Waals surface area contributed by atoms with E-state index in [1.54, 1.807) is 0 Å². The van der Waals surface area contributed by atoms with Gasteiger partial charge in [-0.25, -0.2) is 0 Å². The normalized spacial score (nSPS) is 14.4. The molecule has 0 bridgehead atoms. The van der Waals surface area contributed by atoms with Crippen LogP contribution in [0.3, 0.4) is 0 Å². The lowest BCUT2D eigenvalue weighted by Gasteiger charge is -2.21. The molecule has 0 radical (unpaired) electrons. The Kier molecular flexibility index (Phi) is 7.55. The summed E-state index contributed by atoms with van der Waals surface area (Å²) in [5.41, 5.74) is 4.23. The molecule has 1 aromatic carbocycles. The highest BCUT2D eigenvalue weighted by Crippen LogP contribution is 2.24. The van der Waals surface area contributed by atoms with Gasteiger partial charge in [0.1, 0.15) is 0 Å². The minimum Gasteiger partial charge on any atom is -0.310 e. The van der Waals surface area contributed by atoms with E-state index in [0.717, 1.165) is 12.5 Å². The number of thioether (sulfide) groups is 1. The van der Waals surface area contributed by atoms with Crippen molar-refractivity contribution < 1.29 is 0 Å². The molecule has 0 saturated carbocycles. The Hall–Kier alpha value is -0.470. The second-order valence-electron chi connectivity index (χ2n) is 5.52. The minimum atomic E-state index is 0.485. The fourth-order valence-corrected chi connectivity index (χ4v) is 3.45. The third-order valence-corrected chi connectivity index (χ3v) is 5.02. The zero-order valence-electron chi connectivity index (χ0n) is 13.1. The van der Waals surface area contributed by atoms with Crippen LogP contribution in [0.5, 0.6) is 0 Å². The molecule has 0 heterocycles. The van der Waals surface area contributed by atoms with Gasteiger partial charge in [0.25, 0.3) is 0 Å². The molecule has 1 aromatic rings. The third-order valence-electron chi connectivity index (χ3n) is 3.64. The van der Waals surface area contributed by atoms with Crippen LogP contribution in [0.2, 0.25) is 0 Å². The molecule has 19 heavy (non-hydrogen) atoms. The second kappa shape index (κ2) is 8.65. The lowest BCUT2D eigenvalue weighted by Crippen LogP contribution is -2.24. The first-order valence-corrected chi connectivity index (χ1v) is 8.62. The first-order valence-electron chi connectivity index (χ1n) is 7.46. The molecular formula is C17H29NS. The first kappa shape index (κ1) is 16.6. The van der Waals surface area contributed by atoms with E-state index >= 15 is 0 Å². The van der Waals surface area contributed by atoms with Gasteiger partial charge in [-0.15, -0.1) is 0 Å². The Balaban J connectivity index is 2.68. The minimum absolute atomic E-state index is 0.485. The number of hydrogen-bond donors (Lipinski definition) is 1. The molecule has 0 amide bonds. The van der Waals surface area contributed by atoms with Crippen LogP contribution >= 0.6 is 11.8 Å². The second-order valence-corrected chi connectivity index (χ2v) is 6.60. The van der Waals surface area contributed by atoms with Crippen LogP contribution in [0.4, 0.5) is 0 Å². The Morgan fingerprint density at radius 2 is 1.89 bits per heavy atom. The predicted molar refractivity (Wildman–Crippen MR) is 89.1 cm³/mol. The molecule has 1 nitrogen and oxygen atoms in total. The predicted octanol–water partition coefficient (Wildman–Crippen LogP) is 4.73. The van der Waals surface area contributed by atoms with Crippen molar-refractivity contribution in [2.45, 2.75) is 47.1 Å². The van der Waals surface area contributed by atoms with Crippen LogP contribution in [-0.4, -0.2) is 18.1 Å². The van der Waals surface area contributed by atoms with Crippen LogP contribution in [0.25, 0.3) is 0 Å². The number of benzene rings is 1. The Bertz CT molecular complexity index is 376. The summed E-state index contributed by atoms with van der Waals surface area (Å²) in [5.74, 6) is 3.26. The van der Waals surface area contributed by atoms with E-state index in [9.17, 15) is 0 Å². The first-order chi connectivity index (χ1) is 9.08. The van der Waals surface area contributed by atoms with Gasteiger partial charge >= 0.3 is 0 Å². The van der Waals surface area contributed by atoms with Gasteiger partial charge in [-0.1, -0.05) is 51.0 Å². The summed E-state index contributed by atoms with van der Waals surface area (Å²) in [6.07, 6.45) is 1.28. The van der Waals surface area contributed by atoms with Crippen LogP contribution in [0.1, 0.15) is 49.9 Å². The van der Waals surface area contributed by atoms with Crippen molar-refractivity contribution in [2.75, 3.05) is 18.1 Å². The molecular weight excluding hydrogens is 250 g/mol. The molecule has 0 spiro atoms. The molecule has 0 fully saturated rings. The van der Waals surface area contributed by atoms with Gasteiger partial charge in [0, 0.05) is 11.8 Å². The summed E-state index contributed by atoms with van der Waals surface area (Å²) < 4.78 is 0. The lowest BCUT2D eigenvalue weighted by atomic mass is 10.00. The third kappa shape index (κ3) is 5.58. The maximum absolute atomic E-state index is 3.64. The summed E-state index contributed by atoms with van der Waals surface area (Å²) in [7, 11) is 0. The van der Waals surface area contributed by atoms with Crippen LogP contribution < -0.4 is 5.32 Å². The van der Waals surface area contributed by atoms with Gasteiger partial charge in [0.05, 0.1) is 0 Å². The number of hydrogen-bond acceptors (Lipinski definition) is 2. The zero-order valence-corrected chi connectivity index (χ0v) is 13.9. The van der Waals surface area contributed by atoms with Gasteiger partial charge in [-0.3, -0.25) is 0 Å². The zero-order chi connectivity index (χ0) is 14.3. The highest BCUT2D eigenvalue weighted by molar-refractivity contribution is 7.99. The van der Waals surface area contributed by atoms with Gasteiger partial charge in [-0.05, 0) is 43.2 Å². The molecule has 0 aliphatic rings. The highest BCUT2D eigenvalue weighted by Gasteiger charge is 2.13. The van der Waals surface area contributed by atoms with Crippen LogP contribution in [0, 0.1) is 19.8 Å². The van der Waals surface area contributed by atoms with Crippen molar-refractivity contribution in [2.24, 2.45) is 5.92 Å². The average Bonchev–Trinajstić information content (AvgIpc) is 2.40. The number of rotatable bonds is 8. The van der Waals surface area contributed by atoms with E-state index in [2.05, 4.69) is 69.9 Å². The molecule has 108 valence electrons. The highest BCUT2D eigenvalue weighted by atomic mass is 32.2. The van der Waals surface area contributed by atoms with E-state index in [-0.39, 0.29) is 0 Å². The quantitative estimate of drug-likeness (QED) is 0.738. The molecule has 2 heteroatoms. The average molecular weight is 279 g/mol. The van der Waals surface area contributed by atoms with Crippen LogP contribution in [-0.2, 0) is 0 Å². The van der Waals surface area contributed by atoms with Gasteiger partial charge < -0.3 is 5.32 Å². The Morgan fingerprint density at radius 1 is 1.16 bits per heavy atom. The van der Waals surface area contributed by atoms with Crippen molar-refractivity contribution in [1.82, 2.24) is 5.32 Å². The summed E-state index contributed by atoms with van der Waals surface area (Å²) in [5, 5.41) is 3.64. The van der Waals surface area contributed by atoms with Gasteiger partial charge in [0.2, 0.25) is 0 Å². The van der Waals surface area contributed by atoms with E-state index in [1.165, 1.54) is 34.6 Å². The smallest absolute Gasteiger partial charge is 0.0414 e. The van der Waals surface area contributed by atoms with E-state index < -0.39 is 0 Å². The largest absolute Gasteiger partial charge is 0.310 e. The van der Waals surface area contributed by atoms with E-state index in [1.807, 2.05) is 0 Å². The maximum atomic E-state index is 3.64. The SMILES string of the molecule is CCNC(CSCC(C)CC)c1cc(C)ccc1C. The molecule has 0 aromatic heterocycles. The van der Waals surface area contributed by atoms with Crippen molar-refractivity contribution in [3.8, 4) is 0 Å². The molecule has 0 aliphatic carbocycles. The van der Waals surface area contributed by atoms with E-state index in [4.69, 9.17) is 0 Å². The summed E-state index contributed by atoms with van der Waals surface area (Å²) >= 11 is 2.08. The number of aryl methyl sites for hydroxylation is 2. The van der Waals surface area contributed by atoms with Crippen molar-refractivity contribution in [3.05, 3.63) is 34.9 Å². The van der Waals surface area contributed by atoms with Gasteiger partial charge in [0.15, 0.2) is 0 Å². The number of nitrogens with one attached hydrogen (secondary N) is 1. The summed E-state index contributed by atoms with van der Waals surface area (Å²) in [6, 6.07) is 7.27. The fourth-order valence-electron chi connectivity index (χ4n) is 2.15. The van der Waals surface area contributed by atoms with E-state index in [0.29, 0.717) is 6.04 Å². The molecule has 0 aliphatic heterocycles. The molecule has 1 rings (SSSR count). The van der Waals surface area contributed by atoms with Crippen molar-refractivity contribution in [1.29, 1.82) is 0 Å². The lowest BCUT2D eigenvalue weighted by molar-refractivity contribution is 0.598. The molecule has 2 unspecified atom stereocenters.